The van der Waals surface area contributed by atoms with Crippen molar-refractivity contribution in [3.63, 3.8) is 0 Å². The van der Waals surface area contributed by atoms with Gasteiger partial charge >= 0.3 is 0 Å². The number of anilines is 2. The van der Waals surface area contributed by atoms with Crippen LogP contribution in [-0.4, -0.2) is 11.6 Å². The molecule has 3 aromatic carbocycles. The molecule has 2 aliphatic rings. The Labute approximate surface area is 171 Å². The first-order chi connectivity index (χ1) is 14.3. The molecule has 0 saturated heterocycles. The molecule has 1 aliphatic carbocycles. The summed E-state index contributed by atoms with van der Waals surface area (Å²) in [6.45, 7) is 2.50. The lowest BCUT2D eigenvalue weighted by atomic mass is 10.0. The van der Waals surface area contributed by atoms with Gasteiger partial charge in [-0.15, -0.1) is 11.3 Å². The van der Waals surface area contributed by atoms with Crippen molar-refractivity contribution in [3.8, 4) is 16.3 Å². The summed E-state index contributed by atoms with van der Waals surface area (Å²) in [5, 5.41) is 4.89. The molecule has 3 aromatic rings. The summed E-state index contributed by atoms with van der Waals surface area (Å²) in [6, 6.07) is 23.3. The van der Waals surface area contributed by atoms with Gasteiger partial charge in [-0.2, -0.15) is 0 Å². The predicted octanol–water partition coefficient (Wildman–Crippen LogP) is 6.06. The quantitative estimate of drug-likeness (QED) is 0.295. The fraction of sp³-hybridized carbons (Fsp3) is 0.0833. The second kappa shape index (κ2) is 7.18. The van der Waals surface area contributed by atoms with E-state index in [1.54, 1.807) is 11.3 Å². The molecular formula is C24H18N2O2S. The van der Waals surface area contributed by atoms with E-state index in [-0.39, 0.29) is 5.43 Å². The number of para-hydroxylation sites is 3. The van der Waals surface area contributed by atoms with Crippen molar-refractivity contribution in [2.24, 2.45) is 0 Å². The van der Waals surface area contributed by atoms with Crippen LogP contribution in [0.1, 0.15) is 6.92 Å². The van der Waals surface area contributed by atoms with Crippen LogP contribution in [0.2, 0.25) is 0 Å². The number of benzene rings is 4. The fourth-order valence-electron chi connectivity index (χ4n) is 3.54. The molecule has 0 unspecified atom stereocenters. The third-order valence-electron chi connectivity index (χ3n) is 4.85. The topological polar surface area (TPSA) is 51.2 Å². The fourth-order valence-corrected chi connectivity index (χ4v) is 4.63. The van der Waals surface area contributed by atoms with Crippen molar-refractivity contribution in [1.82, 2.24) is 4.98 Å². The van der Waals surface area contributed by atoms with Gasteiger partial charge in [-0.1, -0.05) is 48.5 Å². The van der Waals surface area contributed by atoms with Crippen LogP contribution in [0.15, 0.2) is 77.6 Å². The molecule has 4 nitrogen and oxygen atoms in total. The zero-order chi connectivity index (χ0) is 19.8. The number of fused-ring (bicyclic) bond motifs is 4. The van der Waals surface area contributed by atoms with Gasteiger partial charge in [-0.3, -0.25) is 4.79 Å². The van der Waals surface area contributed by atoms with Crippen LogP contribution in [0.5, 0.6) is 5.75 Å². The minimum absolute atomic E-state index is 0.0345. The molecule has 0 spiro atoms. The van der Waals surface area contributed by atoms with Crippen molar-refractivity contribution in [1.29, 1.82) is 0 Å². The number of ether oxygens (including phenoxy) is 1. The molecule has 1 aliphatic heterocycles. The second-order valence-electron chi connectivity index (χ2n) is 6.66. The minimum Gasteiger partial charge on any atom is -0.492 e. The maximum Gasteiger partial charge on any atom is 0.211 e. The molecule has 0 aromatic heterocycles. The molecule has 5 heteroatoms. The van der Waals surface area contributed by atoms with E-state index in [2.05, 4.69) is 5.32 Å². The smallest absolute Gasteiger partial charge is 0.211 e. The molecule has 1 heterocycles. The molecule has 1 N–H and O–H groups in total. The maximum atomic E-state index is 13.4. The van der Waals surface area contributed by atoms with Gasteiger partial charge in [-0.25, -0.2) is 4.98 Å². The second-order valence-corrected chi connectivity index (χ2v) is 7.72. The van der Waals surface area contributed by atoms with Crippen molar-refractivity contribution < 1.29 is 4.74 Å². The highest BCUT2D eigenvalue weighted by atomic mass is 32.1. The van der Waals surface area contributed by atoms with E-state index in [1.165, 1.54) is 0 Å². The van der Waals surface area contributed by atoms with Gasteiger partial charge in [0.1, 0.15) is 11.4 Å². The maximum absolute atomic E-state index is 13.4. The lowest BCUT2D eigenvalue weighted by Gasteiger charge is -2.17. The van der Waals surface area contributed by atoms with E-state index in [1.807, 2.05) is 79.7 Å². The first kappa shape index (κ1) is 17.6. The highest BCUT2D eigenvalue weighted by Crippen LogP contribution is 2.40. The van der Waals surface area contributed by atoms with Crippen LogP contribution in [0.25, 0.3) is 31.6 Å². The molecule has 0 saturated carbocycles. The van der Waals surface area contributed by atoms with E-state index in [4.69, 9.17) is 9.72 Å². The number of hydrogen-bond donors (Lipinski definition) is 1. The SMILES string of the molecule is CCOc1ccccc1Nc1c2sc3ccccc3nc-2c2ccccc2c1=O. The van der Waals surface area contributed by atoms with Crippen molar-refractivity contribution in [2.45, 2.75) is 6.92 Å². The number of aromatic nitrogens is 1. The van der Waals surface area contributed by atoms with E-state index in [9.17, 15) is 4.79 Å². The Bertz CT molecular complexity index is 1380. The summed E-state index contributed by atoms with van der Waals surface area (Å²) < 4.78 is 6.78. The van der Waals surface area contributed by atoms with Gasteiger partial charge < -0.3 is 10.1 Å². The third-order valence-corrected chi connectivity index (χ3v) is 6.02. The Hall–Kier alpha value is -3.44. The highest BCUT2D eigenvalue weighted by molar-refractivity contribution is 7.22. The molecule has 0 fully saturated rings. The third kappa shape index (κ3) is 3.00. The lowest BCUT2D eigenvalue weighted by molar-refractivity contribution is 0.342. The summed E-state index contributed by atoms with van der Waals surface area (Å²) in [7, 11) is 0. The van der Waals surface area contributed by atoms with Gasteiger partial charge in [-0.05, 0) is 31.2 Å². The molecule has 29 heavy (non-hydrogen) atoms. The zero-order valence-corrected chi connectivity index (χ0v) is 16.6. The first-order valence-electron chi connectivity index (χ1n) is 9.49. The Morgan fingerprint density at radius 2 is 1.66 bits per heavy atom. The van der Waals surface area contributed by atoms with E-state index in [0.29, 0.717) is 17.7 Å². The zero-order valence-electron chi connectivity index (χ0n) is 15.8. The Balaban J connectivity index is 1.83. The van der Waals surface area contributed by atoms with Crippen LogP contribution >= 0.6 is 11.3 Å². The molecular weight excluding hydrogens is 380 g/mol. The summed E-state index contributed by atoms with van der Waals surface area (Å²) in [5.41, 5.74) is 3.03. The number of rotatable bonds is 4. The van der Waals surface area contributed by atoms with Gasteiger partial charge in [0.15, 0.2) is 0 Å². The molecule has 0 radical (unpaired) electrons. The van der Waals surface area contributed by atoms with E-state index in [0.717, 1.165) is 37.6 Å². The summed E-state index contributed by atoms with van der Waals surface area (Å²) in [4.78, 5) is 19.2. The van der Waals surface area contributed by atoms with Crippen molar-refractivity contribution in [2.75, 3.05) is 11.9 Å². The summed E-state index contributed by atoms with van der Waals surface area (Å²) in [5.74, 6) is 0.717. The first-order valence-corrected chi connectivity index (χ1v) is 10.3. The normalized spacial score (nSPS) is 11.2. The van der Waals surface area contributed by atoms with Crippen LogP contribution in [0.4, 0.5) is 11.4 Å². The van der Waals surface area contributed by atoms with Crippen LogP contribution in [0.3, 0.4) is 0 Å². The lowest BCUT2D eigenvalue weighted by Crippen LogP contribution is -2.12. The van der Waals surface area contributed by atoms with Gasteiger partial charge in [0.05, 0.1) is 33.1 Å². The number of nitrogens with one attached hydrogen (secondary N) is 1. The summed E-state index contributed by atoms with van der Waals surface area (Å²) >= 11 is 1.58. The van der Waals surface area contributed by atoms with Crippen LogP contribution < -0.4 is 15.5 Å². The Morgan fingerprint density at radius 1 is 0.931 bits per heavy atom. The van der Waals surface area contributed by atoms with Gasteiger partial charge in [0, 0.05) is 10.8 Å². The standard InChI is InChI=1S/C24H18N2O2S/c1-2-28-19-13-7-5-11-17(19)25-22-23(27)16-10-4-3-9-15(16)21-24(22)29-20-14-8-6-12-18(20)26-21/h3-14,25H,2H2,1H3. The monoisotopic (exact) mass is 398 g/mol. The van der Waals surface area contributed by atoms with Gasteiger partial charge in [0.25, 0.3) is 0 Å². The van der Waals surface area contributed by atoms with Crippen molar-refractivity contribution in [3.05, 3.63) is 83.0 Å². The average Bonchev–Trinajstić information content (AvgIpc) is 2.77. The number of hydrogen-bond acceptors (Lipinski definition) is 5. The van der Waals surface area contributed by atoms with E-state index >= 15 is 0 Å². The molecule has 142 valence electrons. The predicted molar refractivity (Wildman–Crippen MR) is 121 cm³/mol. The summed E-state index contributed by atoms with van der Waals surface area (Å²) in [6.07, 6.45) is 0. The van der Waals surface area contributed by atoms with E-state index < -0.39 is 0 Å². The molecule has 0 bridgehead atoms. The van der Waals surface area contributed by atoms with Crippen LogP contribution in [-0.2, 0) is 0 Å². The highest BCUT2D eigenvalue weighted by Gasteiger charge is 2.21. The Morgan fingerprint density at radius 3 is 2.52 bits per heavy atom. The number of nitrogens with zero attached hydrogens (tertiary/aromatic N) is 1. The van der Waals surface area contributed by atoms with Crippen LogP contribution in [0, 0.1) is 0 Å². The Kier molecular flexibility index (Phi) is 4.37. The average molecular weight is 398 g/mol. The van der Waals surface area contributed by atoms with Gasteiger partial charge in [0.2, 0.25) is 5.43 Å². The molecule has 0 atom stereocenters. The molecule has 5 rings (SSSR count). The van der Waals surface area contributed by atoms with Crippen molar-refractivity contribution >= 4 is 43.7 Å². The molecule has 0 amide bonds. The largest absolute Gasteiger partial charge is 0.492 e. The minimum atomic E-state index is -0.0345.